The maximum absolute atomic E-state index is 13.0. The van der Waals surface area contributed by atoms with Crippen molar-refractivity contribution >= 4 is 16.1 Å². The second-order valence-corrected chi connectivity index (χ2v) is 10.5. The maximum atomic E-state index is 13.0. The highest BCUT2D eigenvalue weighted by Gasteiger charge is 2.39. The monoisotopic (exact) mass is 463 g/mol. The van der Waals surface area contributed by atoms with E-state index in [0.29, 0.717) is 13.0 Å². The Kier molecular flexibility index (Phi) is 7.09. The van der Waals surface area contributed by atoms with E-state index in [2.05, 4.69) is 25.6 Å². The van der Waals surface area contributed by atoms with Crippen LogP contribution in [0.15, 0.2) is 48.5 Å². The number of carbonyl (C=O) groups excluding carboxylic acids is 1. The SMILES string of the molecule is COc1ccc(CCN2C(=O)N(NS(=O)(=O)CF)CC2c2ccc(C(C)(C)C)cc2)cc1. The highest BCUT2D eigenvalue weighted by molar-refractivity contribution is 7.89. The summed E-state index contributed by atoms with van der Waals surface area (Å²) >= 11 is 0. The lowest BCUT2D eigenvalue weighted by Crippen LogP contribution is -2.45. The third-order valence-electron chi connectivity index (χ3n) is 5.56. The van der Waals surface area contributed by atoms with Crippen molar-refractivity contribution in [3.8, 4) is 5.75 Å². The van der Waals surface area contributed by atoms with Gasteiger partial charge in [-0.15, -0.1) is 4.83 Å². The Labute approximate surface area is 189 Å². The number of sulfonamides is 1. The molecule has 0 saturated carbocycles. The molecule has 2 aromatic rings. The number of ether oxygens (including phenoxy) is 1. The molecule has 1 atom stereocenters. The summed E-state index contributed by atoms with van der Waals surface area (Å²) in [6.45, 7) is 6.83. The fourth-order valence-corrected chi connectivity index (χ4v) is 4.23. The number of amides is 2. The Morgan fingerprint density at radius 1 is 1.09 bits per heavy atom. The lowest BCUT2D eigenvalue weighted by atomic mass is 9.86. The van der Waals surface area contributed by atoms with Gasteiger partial charge in [-0.2, -0.15) is 0 Å². The summed E-state index contributed by atoms with van der Waals surface area (Å²) in [7, 11) is -2.62. The third-order valence-corrected chi connectivity index (χ3v) is 6.35. The van der Waals surface area contributed by atoms with Crippen LogP contribution in [0.3, 0.4) is 0 Å². The van der Waals surface area contributed by atoms with Crippen LogP contribution in [0.2, 0.25) is 0 Å². The van der Waals surface area contributed by atoms with Crippen LogP contribution >= 0.6 is 0 Å². The molecule has 1 heterocycles. The number of hydrogen-bond acceptors (Lipinski definition) is 4. The minimum atomic E-state index is -4.22. The molecule has 2 aromatic carbocycles. The van der Waals surface area contributed by atoms with E-state index in [-0.39, 0.29) is 18.0 Å². The highest BCUT2D eigenvalue weighted by atomic mass is 32.2. The Bertz CT molecular complexity index is 1030. The molecule has 1 aliphatic rings. The minimum Gasteiger partial charge on any atom is -0.497 e. The van der Waals surface area contributed by atoms with Crippen LogP contribution in [0, 0.1) is 0 Å². The van der Waals surface area contributed by atoms with E-state index in [0.717, 1.165) is 27.4 Å². The maximum Gasteiger partial charge on any atom is 0.335 e. The number of methoxy groups -OCH3 is 1. The summed E-state index contributed by atoms with van der Waals surface area (Å²) in [5.74, 6) is 0.745. The summed E-state index contributed by atoms with van der Waals surface area (Å²) in [6, 6.07) is 13.1. The zero-order valence-corrected chi connectivity index (χ0v) is 19.7. The number of hydrogen-bond donors (Lipinski definition) is 1. The first-order chi connectivity index (χ1) is 15.0. The van der Waals surface area contributed by atoms with E-state index in [9.17, 15) is 17.6 Å². The van der Waals surface area contributed by atoms with Crippen LogP contribution in [0.25, 0.3) is 0 Å². The molecule has 1 saturated heterocycles. The number of benzene rings is 2. The quantitative estimate of drug-likeness (QED) is 0.646. The third kappa shape index (κ3) is 5.58. The Morgan fingerprint density at radius 2 is 1.72 bits per heavy atom. The molecule has 0 aromatic heterocycles. The van der Waals surface area contributed by atoms with Crippen molar-refractivity contribution in [2.24, 2.45) is 0 Å². The number of hydrazine groups is 1. The van der Waals surface area contributed by atoms with Gasteiger partial charge in [0.2, 0.25) is 6.01 Å². The molecule has 1 unspecified atom stereocenters. The summed E-state index contributed by atoms with van der Waals surface area (Å²) in [4.78, 5) is 16.7. The number of halogens is 1. The fourth-order valence-electron chi connectivity index (χ4n) is 3.69. The van der Waals surface area contributed by atoms with Gasteiger partial charge < -0.3 is 9.64 Å². The molecule has 1 N–H and O–H groups in total. The van der Waals surface area contributed by atoms with Gasteiger partial charge >= 0.3 is 6.03 Å². The van der Waals surface area contributed by atoms with Crippen LogP contribution < -0.4 is 9.57 Å². The molecule has 1 aliphatic heterocycles. The Morgan fingerprint density at radius 3 is 2.25 bits per heavy atom. The Hall–Kier alpha value is -2.65. The normalized spacial score (nSPS) is 17.2. The molecule has 0 spiro atoms. The first-order valence-electron chi connectivity index (χ1n) is 10.4. The first kappa shape index (κ1) is 24.0. The first-order valence-corrected chi connectivity index (χ1v) is 12.1. The van der Waals surface area contributed by atoms with Crippen LogP contribution in [0.1, 0.15) is 43.5 Å². The molecule has 0 radical (unpaired) electrons. The summed E-state index contributed by atoms with van der Waals surface area (Å²) in [5.41, 5.74) is 3.05. The second-order valence-electron chi connectivity index (χ2n) is 8.89. The van der Waals surface area contributed by atoms with Gasteiger partial charge in [0.15, 0.2) is 0 Å². The summed E-state index contributed by atoms with van der Waals surface area (Å²) < 4.78 is 41.5. The van der Waals surface area contributed by atoms with E-state index in [1.807, 2.05) is 48.5 Å². The van der Waals surface area contributed by atoms with Crippen molar-refractivity contribution in [3.05, 3.63) is 65.2 Å². The highest BCUT2D eigenvalue weighted by Crippen LogP contribution is 2.31. The lowest BCUT2D eigenvalue weighted by molar-refractivity contribution is 0.182. The topological polar surface area (TPSA) is 79.0 Å². The molecule has 2 amide bonds. The second kappa shape index (κ2) is 9.46. The van der Waals surface area contributed by atoms with Crippen LogP contribution in [0.5, 0.6) is 5.75 Å². The van der Waals surface area contributed by atoms with Crippen LogP contribution in [0.4, 0.5) is 9.18 Å². The van der Waals surface area contributed by atoms with E-state index < -0.39 is 22.1 Å². The molecule has 7 nitrogen and oxygen atoms in total. The smallest absolute Gasteiger partial charge is 0.335 e. The van der Waals surface area contributed by atoms with E-state index in [4.69, 9.17) is 4.74 Å². The van der Waals surface area contributed by atoms with Crippen molar-refractivity contribution < 1.29 is 22.3 Å². The van der Waals surface area contributed by atoms with Crippen molar-refractivity contribution in [3.63, 3.8) is 0 Å². The van der Waals surface area contributed by atoms with Crippen molar-refractivity contribution in [2.45, 2.75) is 38.6 Å². The molecule has 32 heavy (non-hydrogen) atoms. The van der Waals surface area contributed by atoms with Crippen molar-refractivity contribution in [2.75, 3.05) is 26.2 Å². The number of nitrogens with zero attached hydrogens (tertiary/aromatic N) is 2. The molecular formula is C23H30FN3O4S. The molecular weight excluding hydrogens is 433 g/mol. The van der Waals surface area contributed by atoms with Crippen LogP contribution in [-0.4, -0.2) is 50.6 Å². The molecule has 0 aliphatic carbocycles. The molecule has 174 valence electrons. The van der Waals surface area contributed by atoms with Gasteiger partial charge in [0.1, 0.15) is 5.75 Å². The van der Waals surface area contributed by atoms with E-state index >= 15 is 0 Å². The summed E-state index contributed by atoms with van der Waals surface area (Å²) in [6.07, 6.45) is 0.579. The van der Waals surface area contributed by atoms with Crippen molar-refractivity contribution in [1.82, 2.24) is 14.7 Å². The summed E-state index contributed by atoms with van der Waals surface area (Å²) in [5, 5.41) is 0.977. The standard InChI is InChI=1S/C23H30FN3O4S/c1-23(2,3)19-9-7-18(8-10-19)21-15-27(25-32(29,30)16-24)22(28)26(21)14-13-17-5-11-20(31-4)12-6-17/h5-12,21,25H,13-16H2,1-4H3. The average molecular weight is 464 g/mol. The largest absolute Gasteiger partial charge is 0.497 e. The van der Waals surface area contributed by atoms with Crippen molar-refractivity contribution in [1.29, 1.82) is 0 Å². The van der Waals surface area contributed by atoms with Gasteiger partial charge in [-0.25, -0.2) is 22.6 Å². The molecule has 1 fully saturated rings. The van der Waals surface area contributed by atoms with Gasteiger partial charge in [-0.05, 0) is 40.7 Å². The Balaban J connectivity index is 1.84. The van der Waals surface area contributed by atoms with Gasteiger partial charge in [-0.3, -0.25) is 0 Å². The lowest BCUT2D eigenvalue weighted by Gasteiger charge is -2.25. The number of carbonyl (C=O) groups is 1. The van der Waals surface area contributed by atoms with E-state index in [1.165, 1.54) is 0 Å². The minimum absolute atomic E-state index is 0.0130. The predicted molar refractivity (Wildman–Crippen MR) is 121 cm³/mol. The number of urea groups is 1. The van der Waals surface area contributed by atoms with Crippen LogP contribution in [-0.2, 0) is 21.9 Å². The molecule has 9 heteroatoms. The van der Waals surface area contributed by atoms with E-state index in [1.54, 1.807) is 12.0 Å². The number of rotatable bonds is 8. The number of nitrogens with one attached hydrogen (secondary N) is 1. The molecule has 0 bridgehead atoms. The zero-order valence-electron chi connectivity index (χ0n) is 18.8. The van der Waals surface area contributed by atoms with Gasteiger partial charge in [0.25, 0.3) is 10.0 Å². The van der Waals surface area contributed by atoms with Gasteiger partial charge in [0.05, 0.1) is 19.7 Å². The zero-order chi connectivity index (χ0) is 23.5. The van der Waals surface area contributed by atoms with Gasteiger partial charge in [0, 0.05) is 6.54 Å². The molecule has 3 rings (SSSR count). The van der Waals surface area contributed by atoms with Gasteiger partial charge in [-0.1, -0.05) is 57.2 Å². The fraction of sp³-hybridized carbons (Fsp3) is 0.435. The predicted octanol–water partition coefficient (Wildman–Crippen LogP) is 3.78. The average Bonchev–Trinajstić information content (AvgIpc) is 3.06. The number of alkyl halides is 1.